The van der Waals surface area contributed by atoms with E-state index in [2.05, 4.69) is 10.1 Å². The van der Waals surface area contributed by atoms with Crippen LogP contribution in [-0.2, 0) is 0 Å². The molecule has 0 bridgehead atoms. The Morgan fingerprint density at radius 3 is 3.18 bits per heavy atom. The Bertz CT molecular complexity index is 260. The molecule has 0 aliphatic rings. The first kappa shape index (κ1) is 7.53. The molecule has 0 amide bonds. The number of hydrogen-bond acceptors (Lipinski definition) is 4. The Morgan fingerprint density at radius 2 is 2.55 bits per heavy atom. The maximum atomic E-state index is 8.23. The second-order valence-corrected chi connectivity index (χ2v) is 1.86. The van der Waals surface area contributed by atoms with E-state index in [1.165, 1.54) is 13.3 Å². The highest BCUT2D eigenvalue weighted by atomic mass is 16.5. The highest BCUT2D eigenvalue weighted by Crippen LogP contribution is 2.12. The monoisotopic (exact) mass is 152 g/mol. The molecule has 0 saturated heterocycles. The molecule has 0 aromatic carbocycles. The first-order valence-electron chi connectivity index (χ1n) is 3.04. The SMILES string of the molecule is COc1cnccc1/C=N/O. The molecule has 1 N–H and O–H groups in total. The van der Waals surface area contributed by atoms with E-state index < -0.39 is 0 Å². The number of hydrogen-bond donors (Lipinski definition) is 1. The first-order chi connectivity index (χ1) is 5.38. The molecular weight excluding hydrogens is 144 g/mol. The lowest BCUT2D eigenvalue weighted by Crippen LogP contribution is -1.90. The Kier molecular flexibility index (Phi) is 2.43. The zero-order valence-electron chi connectivity index (χ0n) is 6.06. The van der Waals surface area contributed by atoms with Crippen LogP contribution in [0.15, 0.2) is 23.6 Å². The average Bonchev–Trinajstić information content (AvgIpc) is 2.06. The zero-order chi connectivity index (χ0) is 8.10. The predicted molar refractivity (Wildman–Crippen MR) is 40.2 cm³/mol. The average molecular weight is 152 g/mol. The number of oxime groups is 1. The molecule has 11 heavy (non-hydrogen) atoms. The molecule has 0 unspecified atom stereocenters. The van der Waals surface area contributed by atoms with Gasteiger partial charge in [-0.05, 0) is 6.07 Å². The molecular formula is C7H8N2O2. The van der Waals surface area contributed by atoms with Crippen molar-refractivity contribution in [1.29, 1.82) is 0 Å². The van der Waals surface area contributed by atoms with Crippen LogP contribution in [0.4, 0.5) is 0 Å². The summed E-state index contributed by atoms with van der Waals surface area (Å²) in [6, 6.07) is 1.69. The normalized spacial score (nSPS) is 10.3. The van der Waals surface area contributed by atoms with Crippen molar-refractivity contribution in [3.8, 4) is 5.75 Å². The zero-order valence-corrected chi connectivity index (χ0v) is 6.06. The lowest BCUT2D eigenvalue weighted by molar-refractivity contribution is 0.321. The van der Waals surface area contributed by atoms with Crippen LogP contribution < -0.4 is 4.74 Å². The van der Waals surface area contributed by atoms with Gasteiger partial charge in [-0.3, -0.25) is 4.98 Å². The fraction of sp³-hybridized carbons (Fsp3) is 0.143. The number of ether oxygens (including phenoxy) is 1. The van der Waals surface area contributed by atoms with Crippen LogP contribution in [-0.4, -0.2) is 23.5 Å². The van der Waals surface area contributed by atoms with E-state index in [1.54, 1.807) is 18.5 Å². The highest BCUT2D eigenvalue weighted by Gasteiger charge is 1.97. The van der Waals surface area contributed by atoms with Crippen molar-refractivity contribution in [2.45, 2.75) is 0 Å². The second-order valence-electron chi connectivity index (χ2n) is 1.86. The number of methoxy groups -OCH3 is 1. The molecule has 1 aromatic rings. The van der Waals surface area contributed by atoms with Gasteiger partial charge in [0.1, 0.15) is 5.75 Å². The quantitative estimate of drug-likeness (QED) is 0.389. The maximum Gasteiger partial charge on any atom is 0.146 e. The molecule has 0 atom stereocenters. The van der Waals surface area contributed by atoms with Crippen LogP contribution in [0, 0.1) is 0 Å². The van der Waals surface area contributed by atoms with Gasteiger partial charge in [-0.1, -0.05) is 5.16 Å². The molecule has 4 heteroatoms. The fourth-order valence-corrected chi connectivity index (χ4v) is 0.730. The Morgan fingerprint density at radius 1 is 1.73 bits per heavy atom. The topological polar surface area (TPSA) is 54.7 Å². The van der Waals surface area contributed by atoms with Crippen LogP contribution in [0.2, 0.25) is 0 Å². The van der Waals surface area contributed by atoms with Crippen LogP contribution >= 0.6 is 0 Å². The van der Waals surface area contributed by atoms with Gasteiger partial charge in [0.25, 0.3) is 0 Å². The van der Waals surface area contributed by atoms with Crippen LogP contribution in [0.1, 0.15) is 5.56 Å². The molecule has 0 fully saturated rings. The summed E-state index contributed by atoms with van der Waals surface area (Å²) < 4.78 is 4.93. The molecule has 0 aliphatic carbocycles. The number of pyridine rings is 1. The summed E-state index contributed by atoms with van der Waals surface area (Å²) in [4.78, 5) is 3.83. The predicted octanol–water partition coefficient (Wildman–Crippen LogP) is 0.898. The summed E-state index contributed by atoms with van der Waals surface area (Å²) in [5.41, 5.74) is 0.699. The van der Waals surface area contributed by atoms with Gasteiger partial charge in [0, 0.05) is 11.8 Å². The van der Waals surface area contributed by atoms with E-state index in [9.17, 15) is 0 Å². The second kappa shape index (κ2) is 3.55. The van der Waals surface area contributed by atoms with E-state index in [4.69, 9.17) is 9.94 Å². The Hall–Kier alpha value is -1.58. The fourth-order valence-electron chi connectivity index (χ4n) is 0.730. The van der Waals surface area contributed by atoms with Gasteiger partial charge in [-0.2, -0.15) is 0 Å². The summed E-state index contributed by atoms with van der Waals surface area (Å²) in [6.07, 6.45) is 4.44. The maximum absolute atomic E-state index is 8.23. The van der Waals surface area contributed by atoms with Crippen molar-refractivity contribution in [2.24, 2.45) is 5.16 Å². The molecule has 0 spiro atoms. The van der Waals surface area contributed by atoms with Gasteiger partial charge in [0.2, 0.25) is 0 Å². The number of nitrogens with zero attached hydrogens (tertiary/aromatic N) is 2. The molecule has 0 saturated carbocycles. The van der Waals surface area contributed by atoms with Gasteiger partial charge in [-0.25, -0.2) is 0 Å². The van der Waals surface area contributed by atoms with E-state index >= 15 is 0 Å². The molecule has 1 heterocycles. The van der Waals surface area contributed by atoms with Crippen molar-refractivity contribution in [1.82, 2.24) is 4.98 Å². The van der Waals surface area contributed by atoms with Gasteiger partial charge in [-0.15, -0.1) is 0 Å². The van der Waals surface area contributed by atoms with Crippen molar-refractivity contribution in [3.63, 3.8) is 0 Å². The lowest BCUT2D eigenvalue weighted by atomic mass is 10.3. The molecule has 58 valence electrons. The third-order valence-corrected chi connectivity index (χ3v) is 1.23. The van der Waals surface area contributed by atoms with E-state index in [0.29, 0.717) is 11.3 Å². The number of rotatable bonds is 2. The summed E-state index contributed by atoms with van der Waals surface area (Å²) in [5, 5.41) is 11.1. The van der Waals surface area contributed by atoms with E-state index in [0.717, 1.165) is 0 Å². The van der Waals surface area contributed by atoms with Crippen molar-refractivity contribution < 1.29 is 9.94 Å². The van der Waals surface area contributed by atoms with Crippen molar-refractivity contribution in [2.75, 3.05) is 7.11 Å². The van der Waals surface area contributed by atoms with Gasteiger partial charge in [0.15, 0.2) is 0 Å². The third-order valence-electron chi connectivity index (χ3n) is 1.23. The number of aromatic nitrogens is 1. The largest absolute Gasteiger partial charge is 0.494 e. The smallest absolute Gasteiger partial charge is 0.146 e. The Labute approximate surface area is 64.1 Å². The van der Waals surface area contributed by atoms with Gasteiger partial charge in [0.05, 0.1) is 19.5 Å². The van der Waals surface area contributed by atoms with Gasteiger partial charge < -0.3 is 9.94 Å². The highest BCUT2D eigenvalue weighted by molar-refractivity contribution is 5.82. The minimum Gasteiger partial charge on any atom is -0.494 e. The molecule has 0 radical (unpaired) electrons. The lowest BCUT2D eigenvalue weighted by Gasteiger charge is -2.00. The van der Waals surface area contributed by atoms with Crippen molar-refractivity contribution >= 4 is 6.21 Å². The van der Waals surface area contributed by atoms with Crippen LogP contribution in [0.25, 0.3) is 0 Å². The third kappa shape index (κ3) is 1.67. The van der Waals surface area contributed by atoms with Crippen LogP contribution in [0.3, 0.4) is 0 Å². The standard InChI is InChI=1S/C7H8N2O2/c1-11-7-5-8-3-2-6(7)4-9-10/h2-5,10H,1H3/b9-4+. The summed E-state index contributed by atoms with van der Waals surface area (Å²) >= 11 is 0. The Balaban J connectivity index is 3.02. The molecule has 1 aromatic heterocycles. The first-order valence-corrected chi connectivity index (χ1v) is 3.04. The van der Waals surface area contributed by atoms with Crippen molar-refractivity contribution in [3.05, 3.63) is 24.0 Å². The minimum absolute atomic E-state index is 0.588. The van der Waals surface area contributed by atoms with E-state index in [-0.39, 0.29) is 0 Å². The molecule has 4 nitrogen and oxygen atoms in total. The molecule has 0 aliphatic heterocycles. The molecule has 1 rings (SSSR count). The van der Waals surface area contributed by atoms with Crippen LogP contribution in [0.5, 0.6) is 5.75 Å². The summed E-state index contributed by atoms with van der Waals surface area (Å²) in [5.74, 6) is 0.588. The minimum atomic E-state index is 0.588. The summed E-state index contributed by atoms with van der Waals surface area (Å²) in [7, 11) is 1.53. The van der Waals surface area contributed by atoms with Gasteiger partial charge >= 0.3 is 0 Å². The van der Waals surface area contributed by atoms with E-state index in [1.807, 2.05) is 0 Å². The summed E-state index contributed by atoms with van der Waals surface area (Å²) in [6.45, 7) is 0.